The Kier molecular flexibility index (Phi) is 7.30. The van der Waals surface area contributed by atoms with Gasteiger partial charge in [-0.05, 0) is 48.5 Å². The third-order valence-electron chi connectivity index (χ3n) is 5.72. The number of halogens is 1. The summed E-state index contributed by atoms with van der Waals surface area (Å²) in [6.45, 7) is 4.21. The van der Waals surface area contributed by atoms with E-state index in [1.165, 1.54) is 22.7 Å². The molecule has 1 aromatic heterocycles. The molecule has 1 aliphatic rings. The second-order valence-electron chi connectivity index (χ2n) is 8.20. The lowest BCUT2D eigenvalue weighted by Crippen LogP contribution is -2.27. The van der Waals surface area contributed by atoms with Gasteiger partial charge in [0.05, 0.1) is 16.3 Å². The molecule has 3 aromatic carbocycles. The smallest absolute Gasteiger partial charge is 0.266 e. The van der Waals surface area contributed by atoms with Crippen LogP contribution in [0.3, 0.4) is 0 Å². The number of benzene rings is 3. The average molecular weight is 528 g/mol. The largest absolute Gasteiger partial charge is 0.489 e. The molecule has 0 atom stereocenters. The van der Waals surface area contributed by atoms with E-state index in [0.717, 1.165) is 16.8 Å². The Morgan fingerprint density at radius 1 is 1.03 bits per heavy atom. The molecule has 0 bridgehead atoms. The maximum Gasteiger partial charge on any atom is 0.266 e. The molecule has 2 heterocycles. The maximum absolute atomic E-state index is 13.9. The summed E-state index contributed by atoms with van der Waals surface area (Å²) in [7, 11) is 0. The van der Waals surface area contributed by atoms with Crippen LogP contribution in [0.2, 0.25) is 0 Å². The lowest BCUT2D eigenvalue weighted by Gasteiger charge is -2.10. The van der Waals surface area contributed by atoms with Crippen LogP contribution < -0.4 is 4.74 Å². The molecule has 37 heavy (non-hydrogen) atoms. The first kappa shape index (κ1) is 24.7. The van der Waals surface area contributed by atoms with Gasteiger partial charge in [-0.3, -0.25) is 9.69 Å². The van der Waals surface area contributed by atoms with Crippen LogP contribution in [0.5, 0.6) is 5.75 Å². The number of amides is 1. The van der Waals surface area contributed by atoms with E-state index in [-0.39, 0.29) is 18.3 Å². The van der Waals surface area contributed by atoms with E-state index in [9.17, 15) is 9.18 Å². The highest BCUT2D eigenvalue weighted by Gasteiger charge is 2.31. The molecule has 0 spiro atoms. The summed E-state index contributed by atoms with van der Waals surface area (Å²) in [6, 6.07) is 23.7. The Labute approximate surface area is 223 Å². The number of hydrogen-bond donors (Lipinski definition) is 0. The van der Waals surface area contributed by atoms with E-state index in [0.29, 0.717) is 32.8 Å². The molecule has 0 saturated carbocycles. The first-order chi connectivity index (χ1) is 18.0. The molecular weight excluding hydrogens is 505 g/mol. The van der Waals surface area contributed by atoms with Crippen LogP contribution in [0.4, 0.5) is 4.39 Å². The van der Waals surface area contributed by atoms with Gasteiger partial charge in [-0.25, -0.2) is 9.07 Å². The Hall–Kier alpha value is -4.01. The summed E-state index contributed by atoms with van der Waals surface area (Å²) in [5.74, 6) is 0.167. The van der Waals surface area contributed by atoms with Gasteiger partial charge in [-0.1, -0.05) is 66.5 Å². The van der Waals surface area contributed by atoms with E-state index < -0.39 is 0 Å². The molecule has 5 rings (SSSR count). The van der Waals surface area contributed by atoms with Crippen molar-refractivity contribution in [2.24, 2.45) is 0 Å². The zero-order valence-electron chi connectivity index (χ0n) is 19.7. The van der Waals surface area contributed by atoms with Crippen LogP contribution in [0.1, 0.15) is 11.1 Å². The van der Waals surface area contributed by atoms with Gasteiger partial charge in [0, 0.05) is 29.4 Å². The quantitative estimate of drug-likeness (QED) is 0.146. The topological polar surface area (TPSA) is 47.4 Å². The fraction of sp³-hybridized carbons (Fsp3) is 0.0690. The second-order valence-corrected chi connectivity index (χ2v) is 9.87. The predicted molar refractivity (Wildman–Crippen MR) is 150 cm³/mol. The molecule has 4 aromatic rings. The Morgan fingerprint density at radius 3 is 2.49 bits per heavy atom. The van der Waals surface area contributed by atoms with Gasteiger partial charge >= 0.3 is 0 Å². The Bertz CT molecular complexity index is 1500. The van der Waals surface area contributed by atoms with Crippen molar-refractivity contribution in [1.82, 2.24) is 14.7 Å². The Morgan fingerprint density at radius 2 is 1.76 bits per heavy atom. The number of rotatable bonds is 8. The van der Waals surface area contributed by atoms with Gasteiger partial charge in [0.1, 0.15) is 22.5 Å². The molecule has 0 radical (unpaired) electrons. The van der Waals surface area contributed by atoms with Crippen LogP contribution in [0.25, 0.3) is 23.0 Å². The molecule has 1 saturated heterocycles. The van der Waals surface area contributed by atoms with Crippen molar-refractivity contribution in [3.63, 3.8) is 0 Å². The number of nitrogens with zero attached hydrogens (tertiary/aromatic N) is 3. The number of para-hydroxylation sites is 1. The van der Waals surface area contributed by atoms with Crippen molar-refractivity contribution in [3.05, 3.63) is 120 Å². The second kappa shape index (κ2) is 10.9. The number of carbonyl (C=O) groups excluding carboxylic acids is 1. The fourth-order valence-electron chi connectivity index (χ4n) is 3.84. The van der Waals surface area contributed by atoms with Crippen LogP contribution >= 0.6 is 24.0 Å². The molecule has 1 fully saturated rings. The van der Waals surface area contributed by atoms with Crippen LogP contribution in [-0.2, 0) is 11.4 Å². The summed E-state index contributed by atoms with van der Waals surface area (Å²) >= 11 is 6.66. The molecule has 5 nitrogen and oxygen atoms in total. The zero-order valence-corrected chi connectivity index (χ0v) is 21.3. The highest BCUT2D eigenvalue weighted by molar-refractivity contribution is 8.26. The van der Waals surface area contributed by atoms with Crippen molar-refractivity contribution in [1.29, 1.82) is 0 Å². The lowest BCUT2D eigenvalue weighted by atomic mass is 10.1. The van der Waals surface area contributed by atoms with Crippen molar-refractivity contribution in [2.45, 2.75) is 6.61 Å². The standard InChI is InChI=1S/C29H22FN3O2S2/c1-2-16-32-28(34)26(37-29(32)36)17-22-18-33(23-9-4-3-5-10-23)31-27(22)20-12-14-24(15-13-20)35-19-21-8-6-7-11-25(21)30/h2-15,17-18H,1,16,19H2. The van der Waals surface area contributed by atoms with Crippen molar-refractivity contribution in [2.75, 3.05) is 6.54 Å². The minimum absolute atomic E-state index is 0.131. The normalized spacial score (nSPS) is 14.4. The SMILES string of the molecule is C=CCN1C(=O)C(=Cc2cn(-c3ccccc3)nc2-c2ccc(OCc3ccccc3F)cc2)SC1=S. The van der Waals surface area contributed by atoms with E-state index >= 15 is 0 Å². The van der Waals surface area contributed by atoms with Crippen molar-refractivity contribution >= 4 is 40.3 Å². The number of ether oxygens (including phenoxy) is 1. The van der Waals surface area contributed by atoms with Crippen LogP contribution in [-0.4, -0.2) is 31.5 Å². The summed E-state index contributed by atoms with van der Waals surface area (Å²) in [6.07, 6.45) is 5.38. The summed E-state index contributed by atoms with van der Waals surface area (Å²) in [4.78, 5) is 15.0. The van der Waals surface area contributed by atoms with E-state index in [1.54, 1.807) is 29.0 Å². The number of carbonyl (C=O) groups is 1. The minimum Gasteiger partial charge on any atom is -0.489 e. The maximum atomic E-state index is 13.9. The zero-order chi connectivity index (χ0) is 25.8. The van der Waals surface area contributed by atoms with Gasteiger partial charge in [-0.15, -0.1) is 6.58 Å². The van der Waals surface area contributed by atoms with Crippen molar-refractivity contribution in [3.8, 4) is 22.7 Å². The molecular formula is C29H22FN3O2S2. The summed E-state index contributed by atoms with van der Waals surface area (Å²) in [5, 5.41) is 4.83. The average Bonchev–Trinajstić information content (AvgIpc) is 3.46. The predicted octanol–water partition coefficient (Wildman–Crippen LogP) is 6.64. The van der Waals surface area contributed by atoms with E-state index in [4.69, 9.17) is 22.1 Å². The van der Waals surface area contributed by atoms with Gasteiger partial charge in [0.15, 0.2) is 0 Å². The first-order valence-electron chi connectivity index (χ1n) is 11.5. The minimum atomic E-state index is -0.297. The van der Waals surface area contributed by atoms with Crippen molar-refractivity contribution < 1.29 is 13.9 Å². The number of aromatic nitrogens is 2. The lowest BCUT2D eigenvalue weighted by molar-refractivity contribution is -0.121. The number of hydrogen-bond acceptors (Lipinski definition) is 5. The fourth-order valence-corrected chi connectivity index (χ4v) is 5.11. The summed E-state index contributed by atoms with van der Waals surface area (Å²) < 4.78 is 22.0. The third kappa shape index (κ3) is 5.40. The van der Waals surface area contributed by atoms with Gasteiger partial charge in [-0.2, -0.15) is 5.10 Å². The van der Waals surface area contributed by atoms with Crippen LogP contribution in [0.15, 0.2) is 103 Å². The number of thiocarbonyl (C=S) groups is 1. The van der Waals surface area contributed by atoms with Crippen LogP contribution in [0, 0.1) is 5.82 Å². The van der Waals surface area contributed by atoms with E-state index in [1.807, 2.05) is 66.9 Å². The molecule has 0 unspecified atom stereocenters. The molecule has 8 heteroatoms. The molecule has 0 N–H and O–H groups in total. The molecule has 0 aliphatic carbocycles. The van der Waals surface area contributed by atoms with Gasteiger partial charge in [0.2, 0.25) is 0 Å². The monoisotopic (exact) mass is 527 g/mol. The highest BCUT2D eigenvalue weighted by atomic mass is 32.2. The van der Waals surface area contributed by atoms with Gasteiger partial charge < -0.3 is 4.74 Å². The highest BCUT2D eigenvalue weighted by Crippen LogP contribution is 2.35. The molecule has 184 valence electrons. The molecule has 1 amide bonds. The first-order valence-corrected chi connectivity index (χ1v) is 12.7. The molecule has 1 aliphatic heterocycles. The Balaban J connectivity index is 1.46. The van der Waals surface area contributed by atoms with E-state index in [2.05, 4.69) is 6.58 Å². The van der Waals surface area contributed by atoms with Gasteiger partial charge in [0.25, 0.3) is 5.91 Å². The summed E-state index contributed by atoms with van der Waals surface area (Å²) in [5.41, 5.74) is 3.72. The number of thioether (sulfide) groups is 1. The third-order valence-corrected chi connectivity index (χ3v) is 7.09.